The average Bonchev–Trinajstić information content (AvgIpc) is 1.01. The SMILES string of the molecule is CCCCCCCCCCCCCCCCCCC(=O)OC[C@H](COP(=O)(O)OC[C@@H](O)COP(=O)(O)OC[C@@H](COC(=O)CCCCCCCCCCCCCC)OC(=O)CCCCCCCCCCCCCCC)OC(=O)CCCCCCCCCCCCCCCCC(C)C. The first-order valence-electron chi connectivity index (χ1n) is 41.1. The molecule has 98 heavy (non-hydrogen) atoms. The Balaban J connectivity index is 5.26. The summed E-state index contributed by atoms with van der Waals surface area (Å²) in [7, 11) is -9.92. The number of phosphoric acid groups is 2. The van der Waals surface area contributed by atoms with Gasteiger partial charge in [0.05, 0.1) is 26.4 Å². The van der Waals surface area contributed by atoms with E-state index >= 15 is 0 Å². The maximum Gasteiger partial charge on any atom is 0.472 e. The minimum absolute atomic E-state index is 0.108. The molecule has 3 N–H and O–H groups in total. The lowest BCUT2D eigenvalue weighted by molar-refractivity contribution is -0.161. The summed E-state index contributed by atoms with van der Waals surface area (Å²) in [5.74, 6) is -1.31. The van der Waals surface area contributed by atoms with Crippen molar-refractivity contribution in [3.05, 3.63) is 0 Å². The topological polar surface area (TPSA) is 237 Å². The van der Waals surface area contributed by atoms with Gasteiger partial charge in [0.2, 0.25) is 0 Å². The van der Waals surface area contributed by atoms with Crippen molar-refractivity contribution in [1.29, 1.82) is 0 Å². The molecule has 0 aliphatic carbocycles. The Morgan fingerprint density at radius 2 is 0.469 bits per heavy atom. The Bertz CT molecular complexity index is 1870. The zero-order valence-electron chi connectivity index (χ0n) is 63.9. The van der Waals surface area contributed by atoms with E-state index < -0.39 is 97.5 Å². The number of carbonyl (C=O) groups excluding carboxylic acids is 4. The predicted octanol–water partition coefficient (Wildman–Crippen LogP) is 23.6. The molecular formula is C79H154O17P2. The van der Waals surface area contributed by atoms with Crippen LogP contribution in [0.1, 0.15) is 420 Å². The van der Waals surface area contributed by atoms with Crippen LogP contribution in [0.3, 0.4) is 0 Å². The molecule has 0 fully saturated rings. The van der Waals surface area contributed by atoms with Crippen LogP contribution >= 0.6 is 15.6 Å². The van der Waals surface area contributed by atoms with Crippen molar-refractivity contribution >= 4 is 39.5 Å². The Labute approximate surface area is 600 Å². The highest BCUT2D eigenvalue weighted by Gasteiger charge is 2.30. The van der Waals surface area contributed by atoms with Gasteiger partial charge in [-0.15, -0.1) is 0 Å². The molecule has 17 nitrogen and oxygen atoms in total. The molecule has 0 aliphatic rings. The molecule has 0 aromatic heterocycles. The van der Waals surface area contributed by atoms with Gasteiger partial charge >= 0.3 is 39.5 Å². The third-order valence-electron chi connectivity index (χ3n) is 18.5. The normalized spacial score (nSPS) is 13.9. The van der Waals surface area contributed by atoms with E-state index in [0.717, 1.165) is 95.8 Å². The van der Waals surface area contributed by atoms with Gasteiger partial charge in [0.25, 0.3) is 0 Å². The molecule has 19 heteroatoms. The fraction of sp³-hybridized carbons (Fsp3) is 0.949. The van der Waals surface area contributed by atoms with Crippen LogP contribution in [0.25, 0.3) is 0 Å². The average molecular weight is 1440 g/mol. The third kappa shape index (κ3) is 72.4. The summed E-state index contributed by atoms with van der Waals surface area (Å²) in [6.07, 6.45) is 62.2. The molecule has 0 radical (unpaired) electrons. The fourth-order valence-electron chi connectivity index (χ4n) is 12.2. The summed E-state index contributed by atoms with van der Waals surface area (Å²) in [6, 6.07) is 0. The lowest BCUT2D eigenvalue weighted by Crippen LogP contribution is -2.30. The minimum atomic E-state index is -4.96. The number of carbonyl (C=O) groups is 4. The van der Waals surface area contributed by atoms with Crippen LogP contribution in [0.4, 0.5) is 0 Å². The molecular weight excluding hydrogens is 1280 g/mol. The maximum absolute atomic E-state index is 13.1. The number of ether oxygens (including phenoxy) is 4. The number of hydrogen-bond acceptors (Lipinski definition) is 15. The standard InChI is InChI=1S/C79H154O17P2/c1-6-9-12-15-18-21-24-27-28-29-34-38-43-48-53-58-63-77(82)90-69-75(96-79(84)65-60-55-50-45-40-35-31-30-33-36-41-46-51-56-61-72(4)5)71-94-98(87,88)92-67-73(80)66-91-97(85,86)93-70-74(68-89-76(81)62-57-52-47-42-37-26-23-20-17-14-11-8-3)95-78(83)64-59-54-49-44-39-32-25-22-19-16-13-10-7-2/h72-75,80H,6-71H2,1-5H3,(H,85,86)(H,87,88)/t73-,74+,75+/m0/s1. The zero-order chi connectivity index (χ0) is 71.9. The summed E-state index contributed by atoms with van der Waals surface area (Å²) >= 11 is 0. The molecule has 5 atom stereocenters. The maximum atomic E-state index is 13.1. The summed E-state index contributed by atoms with van der Waals surface area (Å²) < 4.78 is 68.7. The van der Waals surface area contributed by atoms with Crippen LogP contribution in [-0.4, -0.2) is 96.7 Å². The Hall–Kier alpha value is -1.94. The highest BCUT2D eigenvalue weighted by Crippen LogP contribution is 2.45. The van der Waals surface area contributed by atoms with Crippen LogP contribution in [-0.2, 0) is 65.4 Å². The second kappa shape index (κ2) is 72.0. The number of hydrogen-bond donors (Lipinski definition) is 3. The highest BCUT2D eigenvalue weighted by atomic mass is 31.2. The fourth-order valence-corrected chi connectivity index (χ4v) is 13.8. The van der Waals surface area contributed by atoms with Gasteiger partial charge in [0.1, 0.15) is 19.3 Å². The lowest BCUT2D eigenvalue weighted by atomic mass is 10.0. The van der Waals surface area contributed by atoms with E-state index in [0.29, 0.717) is 25.7 Å². The molecule has 0 bridgehead atoms. The largest absolute Gasteiger partial charge is 0.472 e. The monoisotopic (exact) mass is 1440 g/mol. The van der Waals surface area contributed by atoms with Crippen molar-refractivity contribution in [3.63, 3.8) is 0 Å². The van der Waals surface area contributed by atoms with E-state index in [2.05, 4.69) is 34.6 Å². The smallest absolute Gasteiger partial charge is 0.462 e. The van der Waals surface area contributed by atoms with Crippen molar-refractivity contribution < 1.29 is 80.2 Å². The molecule has 582 valence electrons. The first kappa shape index (κ1) is 96.1. The van der Waals surface area contributed by atoms with Crippen molar-refractivity contribution in [2.45, 2.75) is 438 Å². The van der Waals surface area contributed by atoms with Gasteiger partial charge in [-0.25, -0.2) is 9.13 Å². The van der Waals surface area contributed by atoms with Gasteiger partial charge in [-0.3, -0.25) is 37.3 Å². The van der Waals surface area contributed by atoms with Crippen LogP contribution in [0, 0.1) is 5.92 Å². The highest BCUT2D eigenvalue weighted by molar-refractivity contribution is 7.47. The van der Waals surface area contributed by atoms with Crippen molar-refractivity contribution in [1.82, 2.24) is 0 Å². The zero-order valence-corrected chi connectivity index (χ0v) is 65.7. The summed E-state index contributed by atoms with van der Waals surface area (Å²) in [5, 5.41) is 10.6. The van der Waals surface area contributed by atoms with Gasteiger partial charge in [0.15, 0.2) is 12.2 Å². The number of phosphoric ester groups is 2. The van der Waals surface area contributed by atoms with Crippen LogP contribution in [0.5, 0.6) is 0 Å². The van der Waals surface area contributed by atoms with E-state index in [4.69, 9.17) is 37.0 Å². The molecule has 0 rings (SSSR count). The van der Waals surface area contributed by atoms with Crippen molar-refractivity contribution in [2.24, 2.45) is 5.92 Å². The predicted molar refractivity (Wildman–Crippen MR) is 400 cm³/mol. The van der Waals surface area contributed by atoms with Gasteiger partial charge in [-0.05, 0) is 31.6 Å². The first-order valence-corrected chi connectivity index (χ1v) is 44.1. The molecule has 0 saturated heterocycles. The van der Waals surface area contributed by atoms with Gasteiger partial charge in [0, 0.05) is 25.7 Å². The van der Waals surface area contributed by atoms with Gasteiger partial charge < -0.3 is 33.8 Å². The summed E-state index contributed by atoms with van der Waals surface area (Å²) in [4.78, 5) is 73.0. The molecule has 0 heterocycles. The Kier molecular flexibility index (Phi) is 70.6. The molecule has 0 aliphatic heterocycles. The molecule has 0 saturated carbocycles. The summed E-state index contributed by atoms with van der Waals surface area (Å²) in [6.45, 7) is 7.35. The lowest BCUT2D eigenvalue weighted by Gasteiger charge is -2.21. The van der Waals surface area contributed by atoms with Crippen LogP contribution in [0.2, 0.25) is 0 Å². The van der Waals surface area contributed by atoms with Crippen molar-refractivity contribution in [3.8, 4) is 0 Å². The second-order valence-electron chi connectivity index (χ2n) is 28.9. The number of aliphatic hydroxyl groups excluding tert-OH is 1. The van der Waals surface area contributed by atoms with Crippen LogP contribution in [0.15, 0.2) is 0 Å². The van der Waals surface area contributed by atoms with Crippen molar-refractivity contribution in [2.75, 3.05) is 39.6 Å². The second-order valence-corrected chi connectivity index (χ2v) is 31.8. The first-order chi connectivity index (χ1) is 47.5. The molecule has 0 aromatic rings. The quantitative estimate of drug-likeness (QED) is 0.0222. The van der Waals surface area contributed by atoms with Gasteiger partial charge in [-0.2, -0.15) is 0 Å². The van der Waals surface area contributed by atoms with E-state index in [1.165, 1.54) is 244 Å². The number of rotatable bonds is 79. The van der Waals surface area contributed by atoms with Crippen LogP contribution < -0.4 is 0 Å². The Morgan fingerprint density at radius 1 is 0.276 bits per heavy atom. The van der Waals surface area contributed by atoms with E-state index in [1.54, 1.807) is 0 Å². The summed E-state index contributed by atoms with van der Waals surface area (Å²) in [5.41, 5.74) is 0. The number of esters is 4. The third-order valence-corrected chi connectivity index (χ3v) is 20.4. The minimum Gasteiger partial charge on any atom is -0.462 e. The van der Waals surface area contributed by atoms with E-state index in [9.17, 15) is 43.2 Å². The molecule has 2 unspecified atom stereocenters. The molecule has 0 amide bonds. The van der Waals surface area contributed by atoms with E-state index in [1.807, 2.05) is 0 Å². The van der Waals surface area contributed by atoms with Gasteiger partial charge in [-0.1, -0.05) is 369 Å². The molecule has 0 aromatic carbocycles. The van der Waals surface area contributed by atoms with E-state index in [-0.39, 0.29) is 25.7 Å². The Morgan fingerprint density at radius 3 is 0.694 bits per heavy atom. The molecule has 0 spiro atoms. The number of unbranched alkanes of at least 4 members (excludes halogenated alkanes) is 51. The number of aliphatic hydroxyl groups is 1.